The van der Waals surface area contributed by atoms with E-state index in [1.54, 1.807) is 12.1 Å². The van der Waals surface area contributed by atoms with Gasteiger partial charge in [0, 0.05) is 31.4 Å². The molecule has 0 spiro atoms. The number of hydrogen-bond acceptors (Lipinski definition) is 2. The molecule has 5 heteroatoms. The Morgan fingerprint density at radius 2 is 2.06 bits per heavy atom. The van der Waals surface area contributed by atoms with Crippen molar-refractivity contribution in [3.8, 4) is 0 Å². The van der Waals surface area contributed by atoms with E-state index in [1.165, 1.54) is 17.8 Å². The van der Waals surface area contributed by atoms with Gasteiger partial charge in [-0.2, -0.15) is 0 Å². The van der Waals surface area contributed by atoms with E-state index >= 15 is 0 Å². The molecule has 0 aliphatic carbocycles. The summed E-state index contributed by atoms with van der Waals surface area (Å²) in [5, 5.41) is 0.443. The van der Waals surface area contributed by atoms with Crippen molar-refractivity contribution in [3.05, 3.63) is 57.3 Å². The molecular weight excluding hydrogens is 337 g/mol. The summed E-state index contributed by atoms with van der Waals surface area (Å²) in [5.74, 6) is 0.169. The highest BCUT2D eigenvalue weighted by molar-refractivity contribution is 9.10. The molecule has 0 aliphatic rings. The fourth-order valence-electron chi connectivity index (χ4n) is 1.47. The van der Waals surface area contributed by atoms with Crippen LogP contribution >= 0.6 is 39.3 Å². The summed E-state index contributed by atoms with van der Waals surface area (Å²) in [6.45, 7) is 0. The molecule has 0 saturated carbocycles. The number of hydrogen-bond donors (Lipinski definition) is 1. The van der Waals surface area contributed by atoms with Crippen LogP contribution in [-0.4, -0.2) is 0 Å². The highest BCUT2D eigenvalue weighted by Crippen LogP contribution is 2.32. The molecule has 0 heterocycles. The zero-order valence-electron chi connectivity index (χ0n) is 9.29. The van der Waals surface area contributed by atoms with Crippen molar-refractivity contribution in [2.45, 2.75) is 10.6 Å². The normalized spacial score (nSPS) is 10.6. The smallest absolute Gasteiger partial charge is 0.128 e. The molecule has 2 aromatic carbocycles. The van der Waals surface area contributed by atoms with Gasteiger partial charge in [0.25, 0.3) is 0 Å². The Balaban J connectivity index is 2.16. The average Bonchev–Trinajstić information content (AvgIpc) is 2.31. The number of thioether (sulfide) groups is 1. The minimum Gasteiger partial charge on any atom is -0.398 e. The molecule has 0 unspecified atom stereocenters. The molecule has 0 radical (unpaired) electrons. The van der Waals surface area contributed by atoms with E-state index in [0.29, 0.717) is 22.0 Å². The fraction of sp³-hybridized carbons (Fsp3) is 0.0769. The summed E-state index contributed by atoms with van der Waals surface area (Å²) in [5.41, 5.74) is 7.06. The largest absolute Gasteiger partial charge is 0.398 e. The van der Waals surface area contributed by atoms with E-state index in [4.69, 9.17) is 17.3 Å². The second-order valence-electron chi connectivity index (χ2n) is 3.67. The predicted molar refractivity (Wildman–Crippen MR) is 79.5 cm³/mol. The molecule has 0 saturated heterocycles. The second-order valence-corrected chi connectivity index (χ2v) is 6.01. The van der Waals surface area contributed by atoms with Crippen molar-refractivity contribution in [2.75, 3.05) is 5.73 Å². The molecular formula is C13H10BrClFNS. The van der Waals surface area contributed by atoms with Gasteiger partial charge in [-0.15, -0.1) is 11.8 Å². The maximum Gasteiger partial charge on any atom is 0.128 e. The molecule has 1 nitrogen and oxygen atoms in total. The van der Waals surface area contributed by atoms with Crippen molar-refractivity contribution in [2.24, 2.45) is 0 Å². The van der Waals surface area contributed by atoms with Crippen molar-refractivity contribution in [1.82, 2.24) is 0 Å². The summed E-state index contributed by atoms with van der Waals surface area (Å²) in [6, 6.07) is 10.3. The average molecular weight is 347 g/mol. The van der Waals surface area contributed by atoms with Crippen LogP contribution in [0.15, 0.2) is 45.8 Å². The summed E-state index contributed by atoms with van der Waals surface area (Å²) >= 11 is 10.8. The lowest BCUT2D eigenvalue weighted by atomic mass is 10.2. The number of nitrogens with two attached hydrogens (primary N) is 1. The van der Waals surface area contributed by atoms with Crippen LogP contribution in [0.25, 0.3) is 0 Å². The van der Waals surface area contributed by atoms with E-state index in [2.05, 4.69) is 15.9 Å². The van der Waals surface area contributed by atoms with Gasteiger partial charge in [0.15, 0.2) is 0 Å². The Hall–Kier alpha value is -0.710. The van der Waals surface area contributed by atoms with Crippen molar-refractivity contribution in [1.29, 1.82) is 0 Å². The van der Waals surface area contributed by atoms with Crippen LogP contribution in [0, 0.1) is 5.82 Å². The summed E-state index contributed by atoms with van der Waals surface area (Å²) in [7, 11) is 0. The van der Waals surface area contributed by atoms with Crippen molar-refractivity contribution >= 4 is 45.0 Å². The van der Waals surface area contributed by atoms with Crippen molar-refractivity contribution < 1.29 is 4.39 Å². The predicted octanol–water partition coefficient (Wildman–Crippen LogP) is 5.12. The zero-order chi connectivity index (χ0) is 13.1. The van der Waals surface area contributed by atoms with Crippen LogP contribution in [0.2, 0.25) is 5.02 Å². The van der Waals surface area contributed by atoms with E-state index < -0.39 is 0 Å². The topological polar surface area (TPSA) is 26.0 Å². The Bertz CT molecular complexity index is 557. The van der Waals surface area contributed by atoms with E-state index in [0.717, 1.165) is 9.37 Å². The number of nitrogen functional groups attached to an aromatic ring is 1. The standard InChI is InChI=1S/C13H10BrClFNS/c14-8-4-5-13(12(17)6-8)18-7-9-10(15)2-1-3-11(9)16/h1-6H,7,17H2. The van der Waals surface area contributed by atoms with Gasteiger partial charge in [0.1, 0.15) is 5.82 Å². The molecule has 0 aromatic heterocycles. The van der Waals surface area contributed by atoms with E-state index in [-0.39, 0.29) is 5.82 Å². The van der Waals surface area contributed by atoms with E-state index in [1.807, 2.05) is 18.2 Å². The lowest BCUT2D eigenvalue weighted by Crippen LogP contribution is -1.92. The van der Waals surface area contributed by atoms with Gasteiger partial charge in [0.2, 0.25) is 0 Å². The molecule has 94 valence electrons. The van der Waals surface area contributed by atoms with Crippen LogP contribution in [0.4, 0.5) is 10.1 Å². The highest BCUT2D eigenvalue weighted by Gasteiger charge is 2.08. The summed E-state index contributed by atoms with van der Waals surface area (Å²) in [4.78, 5) is 0.914. The van der Waals surface area contributed by atoms with Crippen LogP contribution in [0.1, 0.15) is 5.56 Å². The zero-order valence-corrected chi connectivity index (χ0v) is 12.4. The first kappa shape index (κ1) is 13.7. The molecule has 0 bridgehead atoms. The van der Waals surface area contributed by atoms with Crippen LogP contribution in [-0.2, 0) is 5.75 Å². The highest BCUT2D eigenvalue weighted by atomic mass is 79.9. The van der Waals surface area contributed by atoms with Gasteiger partial charge in [0.05, 0.1) is 0 Å². The van der Waals surface area contributed by atoms with Gasteiger partial charge in [-0.05, 0) is 30.3 Å². The van der Waals surface area contributed by atoms with Gasteiger partial charge in [-0.1, -0.05) is 33.6 Å². The lowest BCUT2D eigenvalue weighted by Gasteiger charge is -2.08. The third kappa shape index (κ3) is 3.19. The first-order valence-electron chi connectivity index (χ1n) is 5.18. The van der Waals surface area contributed by atoms with Gasteiger partial charge in [-0.3, -0.25) is 0 Å². The maximum atomic E-state index is 13.6. The third-order valence-corrected chi connectivity index (χ3v) is 4.37. The SMILES string of the molecule is Nc1cc(Br)ccc1SCc1c(F)cccc1Cl. The second kappa shape index (κ2) is 5.95. The first-order valence-corrected chi connectivity index (χ1v) is 7.34. The molecule has 2 N–H and O–H groups in total. The molecule has 2 rings (SSSR count). The number of anilines is 1. The fourth-order valence-corrected chi connectivity index (χ4v) is 3.14. The van der Waals surface area contributed by atoms with Crippen LogP contribution in [0.5, 0.6) is 0 Å². The molecule has 0 fully saturated rings. The van der Waals surface area contributed by atoms with Gasteiger partial charge in [-0.25, -0.2) is 4.39 Å². The summed E-state index contributed by atoms with van der Waals surface area (Å²) in [6.07, 6.45) is 0. The summed E-state index contributed by atoms with van der Waals surface area (Å²) < 4.78 is 14.5. The minimum absolute atomic E-state index is 0.286. The molecule has 0 atom stereocenters. The molecule has 0 aliphatic heterocycles. The maximum absolute atomic E-state index is 13.6. The number of rotatable bonds is 3. The number of benzene rings is 2. The van der Waals surface area contributed by atoms with Gasteiger partial charge >= 0.3 is 0 Å². The van der Waals surface area contributed by atoms with E-state index in [9.17, 15) is 4.39 Å². The van der Waals surface area contributed by atoms with Crippen LogP contribution < -0.4 is 5.73 Å². The Morgan fingerprint density at radius 3 is 2.72 bits per heavy atom. The monoisotopic (exact) mass is 345 g/mol. The lowest BCUT2D eigenvalue weighted by molar-refractivity contribution is 0.617. The third-order valence-electron chi connectivity index (χ3n) is 2.41. The van der Waals surface area contributed by atoms with Crippen molar-refractivity contribution in [3.63, 3.8) is 0 Å². The molecule has 2 aromatic rings. The minimum atomic E-state index is -0.286. The molecule has 18 heavy (non-hydrogen) atoms. The van der Waals surface area contributed by atoms with Gasteiger partial charge < -0.3 is 5.73 Å². The Kier molecular flexibility index (Phi) is 4.54. The Labute approximate surface area is 123 Å². The number of halogens is 3. The molecule has 0 amide bonds. The Morgan fingerprint density at radius 1 is 1.28 bits per heavy atom. The first-order chi connectivity index (χ1) is 8.58. The van der Waals surface area contributed by atoms with Crippen LogP contribution in [0.3, 0.4) is 0 Å². The quantitative estimate of drug-likeness (QED) is 0.617.